The van der Waals surface area contributed by atoms with E-state index in [1.807, 2.05) is 19.9 Å². The van der Waals surface area contributed by atoms with E-state index in [1.54, 1.807) is 18.2 Å². The summed E-state index contributed by atoms with van der Waals surface area (Å²) < 4.78 is 25.0. The van der Waals surface area contributed by atoms with E-state index in [0.717, 1.165) is 25.0 Å². The molecule has 1 fully saturated rings. The molecule has 3 atom stereocenters. The fourth-order valence-electron chi connectivity index (χ4n) is 3.40. The monoisotopic (exact) mass is 439 g/mol. The summed E-state index contributed by atoms with van der Waals surface area (Å²) in [4.78, 5) is 12.1. The molecule has 3 unspecified atom stereocenters. The van der Waals surface area contributed by atoms with Crippen molar-refractivity contribution in [1.29, 1.82) is 4.78 Å². The first-order valence-corrected chi connectivity index (χ1v) is 11.8. The Bertz CT molecular complexity index is 989. The van der Waals surface area contributed by atoms with Crippen molar-refractivity contribution in [3.05, 3.63) is 35.0 Å². The highest BCUT2D eigenvalue weighted by Gasteiger charge is 2.30. The second-order valence-electron chi connectivity index (χ2n) is 7.66. The van der Waals surface area contributed by atoms with Crippen LogP contribution in [0.25, 0.3) is 0 Å². The second-order valence-corrected chi connectivity index (χ2v) is 10.2. The molecule has 4 N–H and O–H groups in total. The highest BCUT2D eigenvalue weighted by atomic mass is 35.5. The lowest BCUT2D eigenvalue weighted by Gasteiger charge is -2.14. The SMILES string of the molecule is CC(C)NC(=O)OC1CCC(c2cc(Nc3ccc(S(C)(=N)=O)c(Cl)c3)n[nH]2)C1. The summed E-state index contributed by atoms with van der Waals surface area (Å²) in [6, 6.07) is 6.93. The van der Waals surface area contributed by atoms with Crippen LogP contribution in [-0.2, 0) is 14.5 Å². The third kappa shape index (κ3) is 5.63. The van der Waals surface area contributed by atoms with Gasteiger partial charge in [0.05, 0.1) is 19.6 Å². The Morgan fingerprint density at radius 1 is 1.38 bits per heavy atom. The maximum atomic E-state index is 11.9. The topological polar surface area (TPSA) is 120 Å². The number of ether oxygens (including phenoxy) is 1. The lowest BCUT2D eigenvalue weighted by Crippen LogP contribution is -2.33. The van der Waals surface area contributed by atoms with E-state index in [4.69, 9.17) is 21.1 Å². The number of carbonyl (C=O) groups is 1. The minimum atomic E-state index is -2.87. The molecule has 10 heteroatoms. The zero-order valence-corrected chi connectivity index (χ0v) is 18.2. The molecular weight excluding hydrogens is 414 g/mol. The van der Waals surface area contributed by atoms with Gasteiger partial charge in [-0.1, -0.05) is 11.6 Å². The molecule has 0 aliphatic heterocycles. The number of nitrogens with zero attached hydrogens (tertiary/aromatic N) is 1. The Kier molecular flexibility index (Phi) is 6.38. The van der Waals surface area contributed by atoms with Crippen molar-refractivity contribution in [2.24, 2.45) is 0 Å². The molecule has 158 valence electrons. The average molecular weight is 440 g/mol. The molecule has 29 heavy (non-hydrogen) atoms. The van der Waals surface area contributed by atoms with Gasteiger partial charge in [0.15, 0.2) is 5.82 Å². The number of carbonyl (C=O) groups excluding carboxylic acids is 1. The Hall–Kier alpha value is -2.26. The number of rotatable bonds is 6. The largest absolute Gasteiger partial charge is 0.446 e. The highest BCUT2D eigenvalue weighted by Crippen LogP contribution is 2.36. The number of H-pyrrole nitrogens is 1. The number of aromatic nitrogens is 2. The number of nitrogens with one attached hydrogen (secondary N) is 4. The van der Waals surface area contributed by atoms with Crippen LogP contribution in [0.3, 0.4) is 0 Å². The molecule has 1 amide bonds. The predicted octanol–water partition coefficient (Wildman–Crippen LogP) is 4.61. The molecular formula is C19H26ClN5O3S. The fourth-order valence-corrected chi connectivity index (χ4v) is 4.78. The molecule has 3 rings (SSSR count). The van der Waals surface area contributed by atoms with Crippen LogP contribution in [0.4, 0.5) is 16.3 Å². The summed E-state index contributed by atoms with van der Waals surface area (Å²) in [5.74, 6) is 0.878. The van der Waals surface area contributed by atoms with Crippen LogP contribution in [0.1, 0.15) is 44.7 Å². The highest BCUT2D eigenvalue weighted by molar-refractivity contribution is 7.91. The van der Waals surface area contributed by atoms with Gasteiger partial charge >= 0.3 is 6.09 Å². The number of hydrogen-bond donors (Lipinski definition) is 4. The van der Waals surface area contributed by atoms with Gasteiger partial charge in [-0.05, 0) is 51.3 Å². The number of benzene rings is 1. The number of anilines is 2. The standard InChI is InChI=1S/C19H26ClN5O3S/c1-11(2)22-19(26)28-14-6-4-12(8-14)16-10-18(25-24-16)23-13-5-7-17(15(20)9-13)29(3,21)27/h5,7,9-12,14,21H,4,6,8H2,1-3H3,(H,22,26)(H2,23,24,25). The van der Waals surface area contributed by atoms with Crippen molar-refractivity contribution < 1.29 is 13.7 Å². The summed E-state index contributed by atoms with van der Waals surface area (Å²) >= 11 is 6.16. The molecule has 1 heterocycles. The summed E-state index contributed by atoms with van der Waals surface area (Å²) in [6.45, 7) is 3.79. The van der Waals surface area contributed by atoms with Gasteiger partial charge in [0.1, 0.15) is 6.10 Å². The molecule has 0 saturated heterocycles. The van der Waals surface area contributed by atoms with Crippen molar-refractivity contribution in [3.8, 4) is 0 Å². The first-order valence-electron chi connectivity index (χ1n) is 9.44. The number of halogens is 1. The third-order valence-corrected chi connectivity index (χ3v) is 6.35. The maximum Gasteiger partial charge on any atom is 0.407 e. The zero-order valence-electron chi connectivity index (χ0n) is 16.6. The first-order chi connectivity index (χ1) is 13.6. The van der Waals surface area contributed by atoms with Crippen molar-refractivity contribution >= 4 is 38.9 Å². The Labute approximate surface area is 175 Å². The van der Waals surface area contributed by atoms with Crippen LogP contribution in [0.2, 0.25) is 5.02 Å². The molecule has 1 aromatic heterocycles. The fraction of sp³-hybridized carbons (Fsp3) is 0.474. The van der Waals surface area contributed by atoms with E-state index in [1.165, 1.54) is 6.26 Å². The molecule has 0 bridgehead atoms. The molecule has 1 aromatic carbocycles. The Morgan fingerprint density at radius 2 is 2.14 bits per heavy atom. The average Bonchev–Trinajstić information content (AvgIpc) is 3.22. The number of hydrogen-bond acceptors (Lipinski definition) is 6. The van der Waals surface area contributed by atoms with Gasteiger partial charge in [0.2, 0.25) is 0 Å². The molecule has 2 aromatic rings. The van der Waals surface area contributed by atoms with Gasteiger partial charge in [-0.2, -0.15) is 5.10 Å². The van der Waals surface area contributed by atoms with Crippen molar-refractivity contribution in [2.75, 3.05) is 11.6 Å². The lowest BCUT2D eigenvalue weighted by atomic mass is 10.0. The van der Waals surface area contributed by atoms with Gasteiger partial charge in [-0.25, -0.2) is 13.8 Å². The summed E-state index contributed by atoms with van der Waals surface area (Å²) in [5.41, 5.74) is 1.67. The van der Waals surface area contributed by atoms with Gasteiger partial charge in [-0.3, -0.25) is 5.10 Å². The predicted molar refractivity (Wildman–Crippen MR) is 114 cm³/mol. The Morgan fingerprint density at radius 3 is 2.79 bits per heavy atom. The third-order valence-electron chi connectivity index (χ3n) is 4.73. The smallest absolute Gasteiger partial charge is 0.407 e. The normalized spacial score (nSPS) is 21.0. The number of aromatic amines is 1. The van der Waals surface area contributed by atoms with Crippen LogP contribution in [0, 0.1) is 4.78 Å². The van der Waals surface area contributed by atoms with Gasteiger partial charge in [0.25, 0.3) is 0 Å². The lowest BCUT2D eigenvalue weighted by molar-refractivity contribution is 0.0981. The van der Waals surface area contributed by atoms with E-state index in [-0.39, 0.29) is 29.2 Å². The molecule has 1 saturated carbocycles. The summed E-state index contributed by atoms with van der Waals surface area (Å²) in [5, 5.41) is 13.5. The van der Waals surface area contributed by atoms with E-state index < -0.39 is 9.73 Å². The molecule has 0 spiro atoms. The van der Waals surface area contributed by atoms with Crippen LogP contribution in [-0.4, -0.2) is 38.9 Å². The van der Waals surface area contributed by atoms with Crippen molar-refractivity contribution in [1.82, 2.24) is 15.5 Å². The van der Waals surface area contributed by atoms with E-state index in [2.05, 4.69) is 20.8 Å². The van der Waals surface area contributed by atoms with Crippen LogP contribution in [0.15, 0.2) is 29.2 Å². The van der Waals surface area contributed by atoms with Crippen molar-refractivity contribution in [2.45, 2.75) is 56.1 Å². The van der Waals surface area contributed by atoms with Crippen LogP contribution >= 0.6 is 11.6 Å². The van der Waals surface area contributed by atoms with Gasteiger partial charge in [0, 0.05) is 35.7 Å². The summed E-state index contributed by atoms with van der Waals surface area (Å²) in [7, 11) is -2.87. The van der Waals surface area contributed by atoms with Gasteiger partial charge < -0.3 is 15.4 Å². The molecule has 1 aliphatic rings. The van der Waals surface area contributed by atoms with E-state index >= 15 is 0 Å². The maximum absolute atomic E-state index is 11.9. The number of amides is 1. The molecule has 8 nitrogen and oxygen atoms in total. The minimum Gasteiger partial charge on any atom is -0.446 e. The quantitative estimate of drug-likeness (QED) is 0.523. The van der Waals surface area contributed by atoms with Crippen molar-refractivity contribution in [3.63, 3.8) is 0 Å². The molecule has 0 radical (unpaired) electrons. The van der Waals surface area contributed by atoms with E-state index in [0.29, 0.717) is 16.4 Å². The summed E-state index contributed by atoms with van der Waals surface area (Å²) in [6.07, 6.45) is 3.35. The second kappa shape index (κ2) is 8.62. The number of alkyl carbamates (subject to hydrolysis) is 1. The molecule has 1 aliphatic carbocycles. The van der Waals surface area contributed by atoms with Crippen LogP contribution < -0.4 is 10.6 Å². The van der Waals surface area contributed by atoms with E-state index in [9.17, 15) is 9.00 Å². The zero-order chi connectivity index (χ0) is 21.2. The Balaban J connectivity index is 1.60. The first kappa shape index (κ1) is 21.4. The minimum absolute atomic E-state index is 0.0495. The van der Waals surface area contributed by atoms with Gasteiger partial charge in [-0.15, -0.1) is 0 Å². The van der Waals surface area contributed by atoms with Crippen LogP contribution in [0.5, 0.6) is 0 Å².